The molecule has 2 aromatic heterocycles. The van der Waals surface area contributed by atoms with Gasteiger partial charge in [0.1, 0.15) is 12.0 Å². The van der Waals surface area contributed by atoms with Crippen molar-refractivity contribution in [1.82, 2.24) is 10.3 Å². The lowest BCUT2D eigenvalue weighted by molar-refractivity contribution is -0.117. The largest absolute Gasteiger partial charge is 0.467 e. The van der Waals surface area contributed by atoms with Crippen molar-refractivity contribution >= 4 is 17.8 Å². The highest BCUT2D eigenvalue weighted by molar-refractivity contribution is 5.94. The van der Waals surface area contributed by atoms with Gasteiger partial charge < -0.3 is 14.2 Å². The number of carbonyl (C=O) groups excluding carboxylic acids is 2. The van der Waals surface area contributed by atoms with Gasteiger partial charge in [-0.05, 0) is 25.0 Å². The SMILES string of the molecule is O=C(NCc1ccco1)c1coc(NC(=O)C2CC2)n1. The summed E-state index contributed by atoms with van der Waals surface area (Å²) >= 11 is 0. The maximum absolute atomic E-state index is 11.8. The van der Waals surface area contributed by atoms with Crippen molar-refractivity contribution in [1.29, 1.82) is 0 Å². The van der Waals surface area contributed by atoms with E-state index in [4.69, 9.17) is 8.83 Å². The van der Waals surface area contributed by atoms with Crippen molar-refractivity contribution < 1.29 is 18.4 Å². The average molecular weight is 275 g/mol. The molecule has 2 heterocycles. The molecule has 0 spiro atoms. The maximum Gasteiger partial charge on any atom is 0.302 e. The highest BCUT2D eigenvalue weighted by Crippen LogP contribution is 2.30. The number of carbonyl (C=O) groups is 2. The van der Waals surface area contributed by atoms with E-state index in [0.717, 1.165) is 12.8 Å². The molecule has 20 heavy (non-hydrogen) atoms. The van der Waals surface area contributed by atoms with E-state index in [1.54, 1.807) is 12.1 Å². The molecule has 0 unspecified atom stereocenters. The first-order chi connectivity index (χ1) is 9.72. The summed E-state index contributed by atoms with van der Waals surface area (Å²) in [5.74, 6) is 0.189. The Balaban J connectivity index is 1.55. The van der Waals surface area contributed by atoms with Gasteiger partial charge in [-0.25, -0.2) is 0 Å². The maximum atomic E-state index is 11.8. The third-order valence-electron chi connectivity index (χ3n) is 2.92. The number of anilines is 1. The van der Waals surface area contributed by atoms with Crippen LogP contribution in [0.1, 0.15) is 29.1 Å². The van der Waals surface area contributed by atoms with Crippen LogP contribution in [0.3, 0.4) is 0 Å². The van der Waals surface area contributed by atoms with Crippen molar-refractivity contribution in [2.75, 3.05) is 5.32 Å². The molecule has 2 N–H and O–H groups in total. The van der Waals surface area contributed by atoms with Crippen molar-refractivity contribution in [3.63, 3.8) is 0 Å². The number of amides is 2. The molecule has 1 saturated carbocycles. The van der Waals surface area contributed by atoms with Gasteiger partial charge in [0.15, 0.2) is 5.69 Å². The first kappa shape index (κ1) is 12.5. The van der Waals surface area contributed by atoms with Crippen LogP contribution in [0.2, 0.25) is 0 Å². The highest BCUT2D eigenvalue weighted by atomic mass is 16.4. The van der Waals surface area contributed by atoms with E-state index in [9.17, 15) is 9.59 Å². The van der Waals surface area contributed by atoms with Crippen molar-refractivity contribution in [3.8, 4) is 0 Å². The zero-order valence-corrected chi connectivity index (χ0v) is 10.6. The molecule has 0 aliphatic heterocycles. The number of hydrogen-bond acceptors (Lipinski definition) is 5. The van der Waals surface area contributed by atoms with Crippen molar-refractivity contribution in [2.24, 2.45) is 5.92 Å². The summed E-state index contributed by atoms with van der Waals surface area (Å²) in [6, 6.07) is 3.54. The Kier molecular flexibility index (Phi) is 3.24. The van der Waals surface area contributed by atoms with Crippen LogP contribution in [-0.2, 0) is 11.3 Å². The minimum atomic E-state index is -0.392. The topological polar surface area (TPSA) is 97.4 Å². The smallest absolute Gasteiger partial charge is 0.302 e. The van der Waals surface area contributed by atoms with Gasteiger partial charge in [0, 0.05) is 5.92 Å². The van der Waals surface area contributed by atoms with E-state index in [-0.39, 0.29) is 30.1 Å². The monoisotopic (exact) mass is 275 g/mol. The van der Waals surface area contributed by atoms with Gasteiger partial charge in [-0.3, -0.25) is 14.9 Å². The fourth-order valence-electron chi connectivity index (χ4n) is 1.66. The fraction of sp³-hybridized carbons (Fsp3) is 0.308. The lowest BCUT2D eigenvalue weighted by Gasteiger charge is -1.99. The number of aromatic nitrogens is 1. The molecule has 3 rings (SSSR count). The highest BCUT2D eigenvalue weighted by Gasteiger charge is 2.30. The molecule has 7 heteroatoms. The molecule has 0 saturated heterocycles. The van der Waals surface area contributed by atoms with Crippen molar-refractivity contribution in [2.45, 2.75) is 19.4 Å². The predicted octanol–water partition coefficient (Wildman–Crippen LogP) is 1.55. The molecule has 0 bridgehead atoms. The number of nitrogens with one attached hydrogen (secondary N) is 2. The third-order valence-corrected chi connectivity index (χ3v) is 2.92. The van der Waals surface area contributed by atoms with E-state index in [0.29, 0.717) is 5.76 Å². The van der Waals surface area contributed by atoms with Gasteiger partial charge in [-0.2, -0.15) is 4.98 Å². The molecule has 2 amide bonds. The third kappa shape index (κ3) is 2.87. The standard InChI is InChI=1S/C13H13N3O4/c17-11(8-3-4-8)16-13-15-10(7-20-13)12(18)14-6-9-2-1-5-19-9/h1-2,5,7-8H,3-4,6H2,(H,14,18)(H,15,16,17). The molecule has 0 aromatic carbocycles. The summed E-state index contributed by atoms with van der Waals surface area (Å²) in [7, 11) is 0. The van der Waals surface area contributed by atoms with Crippen LogP contribution in [0.15, 0.2) is 33.5 Å². The number of rotatable bonds is 5. The Morgan fingerprint density at radius 1 is 1.35 bits per heavy atom. The van der Waals surface area contributed by atoms with Crippen LogP contribution >= 0.6 is 0 Å². The van der Waals surface area contributed by atoms with Crippen LogP contribution < -0.4 is 10.6 Å². The van der Waals surface area contributed by atoms with Gasteiger partial charge in [-0.1, -0.05) is 0 Å². The molecule has 104 valence electrons. The molecule has 0 atom stereocenters. The van der Waals surface area contributed by atoms with Gasteiger partial charge in [0.05, 0.1) is 12.8 Å². The summed E-state index contributed by atoms with van der Waals surface area (Å²) < 4.78 is 10.1. The zero-order valence-electron chi connectivity index (χ0n) is 10.6. The Labute approximate surface area is 114 Å². The van der Waals surface area contributed by atoms with Crippen molar-refractivity contribution in [3.05, 3.63) is 36.1 Å². The fourth-order valence-corrected chi connectivity index (χ4v) is 1.66. The quantitative estimate of drug-likeness (QED) is 0.862. The molecule has 1 aliphatic rings. The second kappa shape index (κ2) is 5.20. The molecule has 1 aliphatic carbocycles. The number of nitrogens with zero attached hydrogens (tertiary/aromatic N) is 1. The number of hydrogen-bond donors (Lipinski definition) is 2. The minimum Gasteiger partial charge on any atom is -0.467 e. The van der Waals surface area contributed by atoms with E-state index >= 15 is 0 Å². The molecular formula is C13H13N3O4. The first-order valence-electron chi connectivity index (χ1n) is 6.29. The van der Waals surface area contributed by atoms with Crippen LogP contribution in [0.5, 0.6) is 0 Å². The first-order valence-corrected chi connectivity index (χ1v) is 6.29. The number of furan rings is 1. The number of oxazole rings is 1. The van der Waals surface area contributed by atoms with E-state index in [2.05, 4.69) is 15.6 Å². The second-order valence-electron chi connectivity index (χ2n) is 4.56. The summed E-state index contributed by atoms with van der Waals surface area (Å²) in [5.41, 5.74) is 0.114. The Morgan fingerprint density at radius 2 is 2.20 bits per heavy atom. The van der Waals surface area contributed by atoms with Crippen LogP contribution in [0.25, 0.3) is 0 Å². The Morgan fingerprint density at radius 3 is 2.90 bits per heavy atom. The minimum absolute atomic E-state index is 0.0463. The molecule has 2 aromatic rings. The summed E-state index contributed by atoms with van der Waals surface area (Å²) in [5, 5.41) is 5.17. The average Bonchev–Trinajstić information content (AvgIpc) is 2.98. The van der Waals surface area contributed by atoms with Gasteiger partial charge in [-0.15, -0.1) is 0 Å². The van der Waals surface area contributed by atoms with Crippen LogP contribution in [-0.4, -0.2) is 16.8 Å². The van der Waals surface area contributed by atoms with Crippen LogP contribution in [0.4, 0.5) is 6.01 Å². The zero-order chi connectivity index (χ0) is 13.9. The summed E-state index contributed by atoms with van der Waals surface area (Å²) in [6.45, 7) is 0.266. The lowest BCUT2D eigenvalue weighted by atomic mass is 10.4. The normalized spacial score (nSPS) is 14.0. The van der Waals surface area contributed by atoms with Gasteiger partial charge in [0.25, 0.3) is 5.91 Å². The Bertz CT molecular complexity index is 613. The molecule has 0 radical (unpaired) electrons. The van der Waals surface area contributed by atoms with E-state index in [1.807, 2.05) is 0 Å². The predicted molar refractivity (Wildman–Crippen MR) is 67.7 cm³/mol. The summed E-state index contributed by atoms with van der Waals surface area (Å²) in [4.78, 5) is 27.2. The molecule has 1 fully saturated rings. The second-order valence-corrected chi connectivity index (χ2v) is 4.56. The Hall–Kier alpha value is -2.57. The lowest BCUT2D eigenvalue weighted by Crippen LogP contribution is -2.23. The molecular weight excluding hydrogens is 262 g/mol. The molecule has 7 nitrogen and oxygen atoms in total. The summed E-state index contributed by atoms with van der Waals surface area (Å²) in [6.07, 6.45) is 4.52. The van der Waals surface area contributed by atoms with E-state index in [1.165, 1.54) is 12.5 Å². The van der Waals surface area contributed by atoms with Gasteiger partial charge >= 0.3 is 6.01 Å². The van der Waals surface area contributed by atoms with Crippen LogP contribution in [0, 0.1) is 5.92 Å². The van der Waals surface area contributed by atoms with E-state index < -0.39 is 5.91 Å². The van der Waals surface area contributed by atoms with Gasteiger partial charge in [0.2, 0.25) is 5.91 Å².